The van der Waals surface area contributed by atoms with Crippen molar-refractivity contribution >= 4 is 40.1 Å². The van der Waals surface area contributed by atoms with Gasteiger partial charge in [-0.15, -0.1) is 0 Å². The van der Waals surface area contributed by atoms with E-state index in [1.54, 1.807) is 11.3 Å². The van der Waals surface area contributed by atoms with Gasteiger partial charge in [-0.25, -0.2) is 4.99 Å². The number of para-hydroxylation sites is 2. The molecular formula is C26H27N3OS. The molecule has 4 nitrogen and oxygen atoms in total. The largest absolute Gasteiger partial charge is 0.493 e. The maximum absolute atomic E-state index is 11.4. The van der Waals surface area contributed by atoms with Crippen LogP contribution in [0.25, 0.3) is 11.6 Å². The van der Waals surface area contributed by atoms with Crippen molar-refractivity contribution in [2.75, 3.05) is 0 Å². The molecule has 3 aromatic rings. The number of thiazole rings is 1. The maximum atomic E-state index is 11.4. The summed E-state index contributed by atoms with van der Waals surface area (Å²) in [6, 6.07) is 18.5. The second kappa shape index (κ2) is 8.31. The van der Waals surface area contributed by atoms with Gasteiger partial charge in [-0.05, 0) is 50.0 Å². The highest BCUT2D eigenvalue weighted by atomic mass is 32.1. The van der Waals surface area contributed by atoms with E-state index in [1.807, 2.05) is 55.5 Å². The van der Waals surface area contributed by atoms with Crippen LogP contribution in [0.1, 0.15) is 56.0 Å². The number of allylic oxidation sites excluding steroid dienone is 1. The lowest BCUT2D eigenvalue weighted by Gasteiger charge is -2.30. The number of aromatic hydroxyl groups is 1. The van der Waals surface area contributed by atoms with Crippen molar-refractivity contribution in [1.29, 1.82) is 0 Å². The van der Waals surface area contributed by atoms with E-state index in [1.165, 1.54) is 19.3 Å². The van der Waals surface area contributed by atoms with E-state index in [0.29, 0.717) is 11.8 Å². The lowest BCUT2D eigenvalue weighted by molar-refractivity contribution is 0.234. The summed E-state index contributed by atoms with van der Waals surface area (Å²) in [7, 11) is 0. The van der Waals surface area contributed by atoms with Gasteiger partial charge in [-0.3, -0.25) is 9.56 Å². The van der Waals surface area contributed by atoms with Gasteiger partial charge in [-0.1, -0.05) is 67.5 Å². The quantitative estimate of drug-likeness (QED) is 0.484. The Morgan fingerprint density at radius 3 is 2.61 bits per heavy atom. The van der Waals surface area contributed by atoms with E-state index in [-0.39, 0.29) is 6.04 Å². The van der Waals surface area contributed by atoms with Crippen molar-refractivity contribution in [2.45, 2.75) is 45.6 Å². The monoisotopic (exact) mass is 429 g/mol. The van der Waals surface area contributed by atoms with Gasteiger partial charge in [0.25, 0.3) is 0 Å². The fourth-order valence-corrected chi connectivity index (χ4v) is 5.75. The fraction of sp³-hybridized carbons (Fsp3) is 0.308. The molecule has 1 aromatic heterocycles. The van der Waals surface area contributed by atoms with Crippen LogP contribution in [-0.4, -0.2) is 15.4 Å². The van der Waals surface area contributed by atoms with Gasteiger partial charge in [-0.2, -0.15) is 0 Å². The normalized spacial score (nSPS) is 22.6. The van der Waals surface area contributed by atoms with E-state index in [4.69, 9.17) is 9.98 Å². The van der Waals surface area contributed by atoms with E-state index >= 15 is 0 Å². The maximum Gasteiger partial charge on any atom is 0.211 e. The fourth-order valence-electron chi connectivity index (χ4n) is 4.71. The van der Waals surface area contributed by atoms with Gasteiger partial charge in [0.1, 0.15) is 0 Å². The average Bonchev–Trinajstić information content (AvgIpc) is 3.26. The molecule has 0 spiro atoms. The SMILES string of the molecule is CC1=Nc2ccccc2C1=Cc1sc(=Nc2ccccc2)n([C@@H]2CCCC[C@H]2C)c1O. The summed E-state index contributed by atoms with van der Waals surface area (Å²) in [6.45, 7) is 4.32. The van der Waals surface area contributed by atoms with Gasteiger partial charge in [0, 0.05) is 22.9 Å². The number of hydrogen-bond acceptors (Lipinski definition) is 4. The molecule has 31 heavy (non-hydrogen) atoms. The van der Waals surface area contributed by atoms with E-state index in [2.05, 4.69) is 23.6 Å². The van der Waals surface area contributed by atoms with Crippen LogP contribution in [0.4, 0.5) is 11.4 Å². The van der Waals surface area contributed by atoms with Crippen molar-refractivity contribution in [1.82, 2.24) is 4.57 Å². The standard InChI is InChI=1S/C26H27N3OS/c1-17-10-6-9-15-23(17)29-25(30)24(31-26(29)28-19-11-4-3-5-12-19)16-21-18(2)27-22-14-8-7-13-20(21)22/h3-5,7-8,11-14,16-17,23,30H,6,9-10,15H2,1-2H3/t17-,23-/m1/s1. The molecule has 158 valence electrons. The molecule has 5 rings (SSSR count). The molecule has 1 N–H and O–H groups in total. The van der Waals surface area contributed by atoms with Crippen LogP contribution in [0.15, 0.2) is 64.6 Å². The number of nitrogens with zero attached hydrogens (tertiary/aromatic N) is 3. The Bertz CT molecular complexity index is 1230. The molecule has 2 aromatic carbocycles. The van der Waals surface area contributed by atoms with Crippen LogP contribution in [0.5, 0.6) is 5.88 Å². The van der Waals surface area contributed by atoms with Crippen LogP contribution in [0.3, 0.4) is 0 Å². The van der Waals surface area contributed by atoms with Crippen molar-refractivity contribution in [3.05, 3.63) is 69.8 Å². The van der Waals surface area contributed by atoms with E-state index in [9.17, 15) is 5.11 Å². The van der Waals surface area contributed by atoms with E-state index < -0.39 is 0 Å². The summed E-state index contributed by atoms with van der Waals surface area (Å²) in [4.78, 5) is 11.3. The summed E-state index contributed by atoms with van der Waals surface area (Å²) < 4.78 is 2.08. The molecular weight excluding hydrogens is 402 g/mol. The van der Waals surface area contributed by atoms with Crippen molar-refractivity contribution in [3.63, 3.8) is 0 Å². The first-order valence-electron chi connectivity index (χ1n) is 11.0. The predicted molar refractivity (Wildman–Crippen MR) is 129 cm³/mol. The van der Waals surface area contributed by atoms with Crippen LogP contribution in [0, 0.1) is 5.92 Å². The molecule has 1 aliphatic carbocycles. The van der Waals surface area contributed by atoms with Gasteiger partial charge in [0.2, 0.25) is 5.88 Å². The Hall–Kier alpha value is -2.92. The number of aliphatic imine (C=N–C) groups is 1. The average molecular weight is 430 g/mol. The number of hydrogen-bond donors (Lipinski definition) is 1. The third-order valence-corrected chi connectivity index (χ3v) is 7.37. The first-order chi connectivity index (χ1) is 15.1. The Balaban J connectivity index is 1.67. The van der Waals surface area contributed by atoms with Crippen molar-refractivity contribution in [3.8, 4) is 5.88 Å². The minimum absolute atomic E-state index is 0.269. The van der Waals surface area contributed by atoms with Crippen LogP contribution in [0.2, 0.25) is 0 Å². The number of benzene rings is 2. The highest BCUT2D eigenvalue weighted by Gasteiger charge is 2.28. The van der Waals surface area contributed by atoms with Gasteiger partial charge < -0.3 is 5.11 Å². The molecule has 0 unspecified atom stereocenters. The molecule has 5 heteroatoms. The summed E-state index contributed by atoms with van der Waals surface area (Å²) >= 11 is 1.56. The Labute approximate surface area is 187 Å². The summed E-state index contributed by atoms with van der Waals surface area (Å²) in [6.07, 6.45) is 6.80. The van der Waals surface area contributed by atoms with Crippen molar-refractivity contribution in [2.24, 2.45) is 15.9 Å². The van der Waals surface area contributed by atoms with Gasteiger partial charge in [0.05, 0.1) is 16.3 Å². The lowest BCUT2D eigenvalue weighted by atomic mass is 9.86. The first kappa shape index (κ1) is 20.0. The topological polar surface area (TPSA) is 49.9 Å². The highest BCUT2D eigenvalue weighted by Crippen LogP contribution is 2.40. The molecule has 2 atom stereocenters. The van der Waals surface area contributed by atoms with Crippen molar-refractivity contribution < 1.29 is 5.11 Å². The molecule has 0 saturated heterocycles. The molecule has 1 aliphatic heterocycles. The molecule has 1 fully saturated rings. The Kier molecular flexibility index (Phi) is 5.36. The summed E-state index contributed by atoms with van der Waals surface area (Å²) in [5.41, 5.74) is 5.07. The summed E-state index contributed by atoms with van der Waals surface area (Å²) in [5.74, 6) is 0.836. The minimum atomic E-state index is 0.269. The highest BCUT2D eigenvalue weighted by molar-refractivity contribution is 7.10. The first-order valence-corrected chi connectivity index (χ1v) is 11.8. The molecule has 0 radical (unpaired) electrons. The Morgan fingerprint density at radius 2 is 1.81 bits per heavy atom. The Morgan fingerprint density at radius 1 is 1.06 bits per heavy atom. The second-order valence-corrected chi connectivity index (χ2v) is 9.50. The lowest BCUT2D eigenvalue weighted by Crippen LogP contribution is -2.27. The van der Waals surface area contributed by atoms with Crippen LogP contribution >= 0.6 is 11.3 Å². The molecule has 0 bridgehead atoms. The van der Waals surface area contributed by atoms with Gasteiger partial charge in [0.15, 0.2) is 4.80 Å². The summed E-state index contributed by atoms with van der Waals surface area (Å²) in [5, 5.41) is 11.4. The third kappa shape index (κ3) is 3.79. The molecule has 1 saturated carbocycles. The zero-order chi connectivity index (χ0) is 21.4. The number of rotatable bonds is 3. The molecule has 0 amide bonds. The molecule has 2 heterocycles. The number of aromatic nitrogens is 1. The van der Waals surface area contributed by atoms with E-state index in [0.717, 1.165) is 44.3 Å². The van der Waals surface area contributed by atoms with Crippen LogP contribution < -0.4 is 4.80 Å². The zero-order valence-corrected chi connectivity index (χ0v) is 18.8. The predicted octanol–water partition coefficient (Wildman–Crippen LogP) is 6.89. The second-order valence-electron chi connectivity index (χ2n) is 8.49. The zero-order valence-electron chi connectivity index (χ0n) is 18.0. The smallest absolute Gasteiger partial charge is 0.211 e. The third-order valence-electron chi connectivity index (χ3n) is 6.38. The van der Waals surface area contributed by atoms with Crippen LogP contribution in [-0.2, 0) is 0 Å². The minimum Gasteiger partial charge on any atom is -0.493 e. The van der Waals surface area contributed by atoms with Gasteiger partial charge >= 0.3 is 0 Å². The molecule has 2 aliphatic rings. The number of fused-ring (bicyclic) bond motifs is 1.